The fourth-order valence-corrected chi connectivity index (χ4v) is 3.06. The zero-order valence-electron chi connectivity index (χ0n) is 13.8. The lowest BCUT2D eigenvalue weighted by atomic mass is 9.88. The molecule has 0 spiro atoms. The zero-order chi connectivity index (χ0) is 17.0. The number of benzene rings is 1. The number of rotatable bonds is 7. The summed E-state index contributed by atoms with van der Waals surface area (Å²) in [7, 11) is 1.51. The maximum absolute atomic E-state index is 10.8. The Bertz CT molecular complexity index is 606. The number of carbonyl (C=O) groups is 1. The summed E-state index contributed by atoms with van der Waals surface area (Å²) in [6, 6.07) is 1.68. The summed E-state index contributed by atoms with van der Waals surface area (Å²) < 4.78 is 11.1. The molecule has 1 aromatic rings. The van der Waals surface area contributed by atoms with Crippen molar-refractivity contribution in [2.75, 3.05) is 7.11 Å². The highest BCUT2D eigenvalue weighted by atomic mass is 16.5. The molecule has 2 N–H and O–H groups in total. The first-order chi connectivity index (χ1) is 11.0. The van der Waals surface area contributed by atoms with Crippen molar-refractivity contribution in [2.45, 2.75) is 51.6 Å². The number of aliphatic carboxylic acids is 1. The minimum Gasteiger partial charge on any atom is -0.504 e. The molecule has 5 heteroatoms. The van der Waals surface area contributed by atoms with E-state index in [2.05, 4.69) is 6.92 Å². The van der Waals surface area contributed by atoms with Crippen LogP contribution >= 0.6 is 0 Å². The van der Waals surface area contributed by atoms with Crippen LogP contribution in [0.2, 0.25) is 0 Å². The molecule has 0 saturated carbocycles. The minimum atomic E-state index is -0.990. The molecule has 0 aromatic heterocycles. The van der Waals surface area contributed by atoms with E-state index in [0.717, 1.165) is 36.5 Å². The van der Waals surface area contributed by atoms with Gasteiger partial charge in [-0.15, -0.1) is 0 Å². The van der Waals surface area contributed by atoms with Crippen LogP contribution in [0.15, 0.2) is 18.2 Å². The van der Waals surface area contributed by atoms with Crippen LogP contribution in [-0.2, 0) is 11.2 Å². The summed E-state index contributed by atoms with van der Waals surface area (Å²) in [4.78, 5) is 10.8. The SMILES string of the molecule is CCCCCc1c(O)c(OC)cc2c1[C@H](/C=C/C(=O)O)[C@H](C)O2. The fourth-order valence-electron chi connectivity index (χ4n) is 3.06. The van der Waals surface area contributed by atoms with Gasteiger partial charge in [0.1, 0.15) is 11.9 Å². The van der Waals surface area contributed by atoms with E-state index in [9.17, 15) is 9.90 Å². The summed E-state index contributed by atoms with van der Waals surface area (Å²) in [5, 5.41) is 19.4. The van der Waals surface area contributed by atoms with Crippen molar-refractivity contribution < 1.29 is 24.5 Å². The Morgan fingerprint density at radius 2 is 2.17 bits per heavy atom. The Labute approximate surface area is 136 Å². The molecule has 1 aromatic carbocycles. The van der Waals surface area contributed by atoms with Gasteiger partial charge in [-0.05, 0) is 19.8 Å². The molecule has 0 bridgehead atoms. The predicted molar refractivity (Wildman–Crippen MR) is 87.5 cm³/mol. The van der Waals surface area contributed by atoms with Gasteiger partial charge in [0.25, 0.3) is 0 Å². The Hall–Kier alpha value is -2.17. The van der Waals surface area contributed by atoms with Crippen LogP contribution in [0, 0.1) is 0 Å². The lowest BCUT2D eigenvalue weighted by Gasteiger charge is -2.16. The van der Waals surface area contributed by atoms with E-state index < -0.39 is 5.97 Å². The molecule has 2 rings (SSSR count). The Morgan fingerprint density at radius 3 is 2.78 bits per heavy atom. The monoisotopic (exact) mass is 320 g/mol. The molecule has 1 aliphatic heterocycles. The van der Waals surface area contributed by atoms with Crippen LogP contribution in [0.5, 0.6) is 17.2 Å². The summed E-state index contributed by atoms with van der Waals surface area (Å²) in [6.07, 6.45) is 6.40. The van der Waals surface area contributed by atoms with Gasteiger partial charge in [-0.3, -0.25) is 0 Å². The highest BCUT2D eigenvalue weighted by Crippen LogP contribution is 2.48. The number of fused-ring (bicyclic) bond motifs is 1. The number of aromatic hydroxyl groups is 1. The van der Waals surface area contributed by atoms with Crippen LogP contribution in [0.3, 0.4) is 0 Å². The largest absolute Gasteiger partial charge is 0.504 e. The van der Waals surface area contributed by atoms with Crippen molar-refractivity contribution in [2.24, 2.45) is 0 Å². The zero-order valence-corrected chi connectivity index (χ0v) is 13.8. The number of carboxylic acid groups (broad SMARTS) is 1. The first-order valence-corrected chi connectivity index (χ1v) is 8.00. The van der Waals surface area contributed by atoms with E-state index in [1.165, 1.54) is 7.11 Å². The molecule has 1 heterocycles. The topological polar surface area (TPSA) is 76.0 Å². The lowest BCUT2D eigenvalue weighted by molar-refractivity contribution is -0.131. The average Bonchev–Trinajstić information content (AvgIpc) is 2.82. The second-order valence-electron chi connectivity index (χ2n) is 5.82. The molecule has 126 valence electrons. The van der Waals surface area contributed by atoms with Crippen molar-refractivity contribution in [3.8, 4) is 17.2 Å². The molecule has 0 radical (unpaired) electrons. The van der Waals surface area contributed by atoms with Gasteiger partial charge < -0.3 is 19.7 Å². The maximum atomic E-state index is 10.8. The summed E-state index contributed by atoms with van der Waals surface area (Å²) in [6.45, 7) is 4.02. The quantitative estimate of drug-likeness (QED) is 0.592. The number of hydrogen-bond donors (Lipinski definition) is 2. The van der Waals surface area contributed by atoms with Crippen LogP contribution in [-0.4, -0.2) is 29.4 Å². The molecule has 2 atom stereocenters. The molecule has 1 aliphatic rings. The van der Waals surface area contributed by atoms with Crippen LogP contribution < -0.4 is 9.47 Å². The van der Waals surface area contributed by atoms with Crippen LogP contribution in [0.4, 0.5) is 0 Å². The van der Waals surface area contributed by atoms with Gasteiger partial charge in [0.05, 0.1) is 7.11 Å². The molecule has 0 amide bonds. The predicted octanol–water partition coefficient (Wildman–Crippen LogP) is 3.64. The standard InChI is InChI=1S/C18H24O5/c1-4-5-6-7-13-17-12(8-9-16(19)20)11(2)23-14(17)10-15(22-3)18(13)21/h8-12,21H,4-7H2,1-3H3,(H,19,20)/b9-8+/t11-,12+/m0/s1. The molecular weight excluding hydrogens is 296 g/mol. The molecule has 0 unspecified atom stereocenters. The van der Waals surface area contributed by atoms with Crippen molar-refractivity contribution >= 4 is 5.97 Å². The number of carboxylic acids is 1. The summed E-state index contributed by atoms with van der Waals surface area (Å²) in [5.41, 5.74) is 1.68. The number of phenolic OH excluding ortho intramolecular Hbond substituents is 1. The second-order valence-corrected chi connectivity index (χ2v) is 5.82. The number of hydrogen-bond acceptors (Lipinski definition) is 4. The Balaban J connectivity index is 2.47. The minimum absolute atomic E-state index is 0.133. The van der Waals surface area contributed by atoms with Gasteiger partial charge in [-0.1, -0.05) is 25.8 Å². The maximum Gasteiger partial charge on any atom is 0.328 e. The number of ether oxygens (including phenoxy) is 2. The number of phenols is 1. The van der Waals surface area contributed by atoms with Crippen molar-refractivity contribution in [1.29, 1.82) is 0 Å². The molecule has 0 saturated heterocycles. The lowest BCUT2D eigenvalue weighted by Crippen LogP contribution is -2.13. The smallest absolute Gasteiger partial charge is 0.328 e. The summed E-state index contributed by atoms with van der Waals surface area (Å²) in [5.74, 6) is 0.0169. The van der Waals surface area contributed by atoms with Gasteiger partial charge >= 0.3 is 5.97 Å². The van der Waals surface area contributed by atoms with E-state index in [1.807, 2.05) is 6.92 Å². The normalized spacial score (nSPS) is 19.6. The van der Waals surface area contributed by atoms with Gasteiger partial charge in [-0.25, -0.2) is 4.79 Å². The van der Waals surface area contributed by atoms with Gasteiger partial charge in [0.2, 0.25) is 0 Å². The van der Waals surface area contributed by atoms with E-state index in [0.29, 0.717) is 17.9 Å². The Kier molecular flexibility index (Phi) is 5.53. The fraction of sp³-hybridized carbons (Fsp3) is 0.500. The van der Waals surface area contributed by atoms with Gasteiger partial charge in [0.15, 0.2) is 11.5 Å². The van der Waals surface area contributed by atoms with Crippen molar-refractivity contribution in [3.05, 3.63) is 29.3 Å². The van der Waals surface area contributed by atoms with Crippen molar-refractivity contribution in [3.63, 3.8) is 0 Å². The van der Waals surface area contributed by atoms with E-state index in [4.69, 9.17) is 14.6 Å². The average molecular weight is 320 g/mol. The van der Waals surface area contributed by atoms with Gasteiger partial charge in [0, 0.05) is 29.2 Å². The van der Waals surface area contributed by atoms with E-state index >= 15 is 0 Å². The van der Waals surface area contributed by atoms with Crippen molar-refractivity contribution in [1.82, 2.24) is 0 Å². The van der Waals surface area contributed by atoms with Crippen LogP contribution in [0.25, 0.3) is 0 Å². The number of unbranched alkanes of at least 4 members (excludes halogenated alkanes) is 2. The highest BCUT2D eigenvalue weighted by Gasteiger charge is 2.34. The first-order valence-electron chi connectivity index (χ1n) is 8.00. The number of methoxy groups -OCH3 is 1. The van der Waals surface area contributed by atoms with Crippen LogP contribution in [0.1, 0.15) is 50.2 Å². The van der Waals surface area contributed by atoms with Gasteiger partial charge in [-0.2, -0.15) is 0 Å². The van der Waals surface area contributed by atoms with E-state index in [1.54, 1.807) is 12.1 Å². The molecule has 0 aliphatic carbocycles. The third-order valence-electron chi connectivity index (χ3n) is 4.22. The third kappa shape index (κ3) is 3.60. The highest BCUT2D eigenvalue weighted by molar-refractivity contribution is 5.80. The molecular formula is C18H24O5. The third-order valence-corrected chi connectivity index (χ3v) is 4.22. The molecule has 5 nitrogen and oxygen atoms in total. The first kappa shape index (κ1) is 17.2. The molecule has 23 heavy (non-hydrogen) atoms. The summed E-state index contributed by atoms with van der Waals surface area (Å²) >= 11 is 0. The molecule has 0 fully saturated rings. The van der Waals surface area contributed by atoms with E-state index in [-0.39, 0.29) is 17.8 Å². The Morgan fingerprint density at radius 1 is 1.43 bits per heavy atom. The second kappa shape index (κ2) is 7.40.